The Kier molecular flexibility index (Phi) is 4.73. The van der Waals surface area contributed by atoms with Crippen molar-refractivity contribution in [2.45, 2.75) is 33.7 Å². The maximum absolute atomic E-state index is 14.3. The fraction of sp³-hybridized carbons (Fsp3) is 0.333. The maximum atomic E-state index is 14.3. The van der Waals surface area contributed by atoms with Crippen molar-refractivity contribution < 1.29 is 8.78 Å². The molecule has 0 spiro atoms. The Labute approximate surface area is 125 Å². The van der Waals surface area contributed by atoms with Gasteiger partial charge in [-0.05, 0) is 56.1 Å². The zero-order valence-corrected chi connectivity index (χ0v) is 12.9. The van der Waals surface area contributed by atoms with Gasteiger partial charge in [0.05, 0.1) is 6.04 Å². The molecule has 1 nitrogen and oxygen atoms in total. The molecular weight excluding hydrogens is 268 g/mol. The second-order valence-electron chi connectivity index (χ2n) is 5.47. The van der Waals surface area contributed by atoms with Crippen molar-refractivity contribution in [1.82, 2.24) is 5.32 Å². The smallest absolute Gasteiger partial charge is 0.128 e. The Morgan fingerprint density at radius 2 is 1.62 bits per heavy atom. The third kappa shape index (κ3) is 3.30. The van der Waals surface area contributed by atoms with Crippen LogP contribution in [0.5, 0.6) is 0 Å². The van der Waals surface area contributed by atoms with E-state index in [9.17, 15) is 8.78 Å². The number of benzene rings is 2. The van der Waals surface area contributed by atoms with Crippen LogP contribution in [-0.2, 0) is 0 Å². The summed E-state index contributed by atoms with van der Waals surface area (Å²) in [6.07, 6.45) is 0. The third-order valence-electron chi connectivity index (χ3n) is 3.74. The average molecular weight is 289 g/mol. The maximum Gasteiger partial charge on any atom is 0.128 e. The minimum Gasteiger partial charge on any atom is -0.306 e. The van der Waals surface area contributed by atoms with Gasteiger partial charge in [0.15, 0.2) is 0 Å². The normalized spacial score (nSPS) is 12.5. The van der Waals surface area contributed by atoms with Crippen LogP contribution in [0.1, 0.15) is 40.8 Å². The lowest BCUT2D eigenvalue weighted by molar-refractivity contribution is 0.540. The number of aryl methyl sites for hydroxylation is 3. The van der Waals surface area contributed by atoms with Crippen molar-refractivity contribution in [1.29, 1.82) is 0 Å². The fourth-order valence-corrected chi connectivity index (χ4v) is 2.55. The van der Waals surface area contributed by atoms with Gasteiger partial charge in [-0.3, -0.25) is 0 Å². The van der Waals surface area contributed by atoms with Gasteiger partial charge >= 0.3 is 0 Å². The summed E-state index contributed by atoms with van der Waals surface area (Å²) in [4.78, 5) is 0. The molecule has 21 heavy (non-hydrogen) atoms. The molecule has 1 atom stereocenters. The Morgan fingerprint density at radius 3 is 2.29 bits per heavy atom. The van der Waals surface area contributed by atoms with Crippen molar-refractivity contribution in [2.24, 2.45) is 0 Å². The van der Waals surface area contributed by atoms with Crippen LogP contribution in [0.2, 0.25) is 0 Å². The van der Waals surface area contributed by atoms with Crippen LogP contribution in [-0.4, -0.2) is 6.54 Å². The molecule has 0 saturated heterocycles. The number of hydrogen-bond acceptors (Lipinski definition) is 1. The van der Waals surface area contributed by atoms with Crippen LogP contribution in [0.4, 0.5) is 8.78 Å². The molecule has 1 N–H and O–H groups in total. The lowest BCUT2D eigenvalue weighted by atomic mass is 9.92. The van der Waals surface area contributed by atoms with Gasteiger partial charge in [-0.1, -0.05) is 30.7 Å². The average Bonchev–Trinajstić information content (AvgIpc) is 2.43. The minimum absolute atomic E-state index is 0.326. The molecule has 0 aliphatic carbocycles. The van der Waals surface area contributed by atoms with E-state index in [0.29, 0.717) is 17.7 Å². The van der Waals surface area contributed by atoms with Gasteiger partial charge in [-0.15, -0.1) is 0 Å². The summed E-state index contributed by atoms with van der Waals surface area (Å²) in [5.41, 5.74) is 3.83. The summed E-state index contributed by atoms with van der Waals surface area (Å²) in [6, 6.07) is 8.29. The zero-order chi connectivity index (χ0) is 15.6. The first-order valence-corrected chi connectivity index (χ1v) is 7.20. The predicted octanol–water partition coefficient (Wildman–Crippen LogP) is 4.59. The molecular formula is C18H21F2N. The van der Waals surface area contributed by atoms with E-state index in [1.807, 2.05) is 39.0 Å². The molecule has 0 aromatic heterocycles. The molecule has 2 rings (SSSR count). The Hall–Kier alpha value is -1.74. The van der Waals surface area contributed by atoms with Crippen LogP contribution in [0.25, 0.3) is 0 Å². The van der Waals surface area contributed by atoms with Gasteiger partial charge in [0.2, 0.25) is 0 Å². The van der Waals surface area contributed by atoms with Crippen molar-refractivity contribution in [3.05, 3.63) is 69.8 Å². The first-order valence-electron chi connectivity index (χ1n) is 7.20. The molecule has 0 amide bonds. The molecule has 0 saturated carbocycles. The van der Waals surface area contributed by atoms with E-state index < -0.39 is 0 Å². The molecule has 2 aromatic rings. The second kappa shape index (κ2) is 6.35. The van der Waals surface area contributed by atoms with Gasteiger partial charge in [0.1, 0.15) is 11.6 Å². The van der Waals surface area contributed by atoms with Crippen molar-refractivity contribution >= 4 is 0 Å². The molecule has 3 heteroatoms. The van der Waals surface area contributed by atoms with Gasteiger partial charge in [0.25, 0.3) is 0 Å². The fourth-order valence-electron chi connectivity index (χ4n) is 2.55. The van der Waals surface area contributed by atoms with E-state index in [4.69, 9.17) is 0 Å². The largest absolute Gasteiger partial charge is 0.306 e. The van der Waals surface area contributed by atoms with Gasteiger partial charge in [-0.25, -0.2) is 8.78 Å². The molecule has 0 aliphatic rings. The molecule has 1 unspecified atom stereocenters. The summed E-state index contributed by atoms with van der Waals surface area (Å²) in [7, 11) is 0. The van der Waals surface area contributed by atoms with E-state index in [0.717, 1.165) is 16.7 Å². The molecule has 2 aromatic carbocycles. The number of halogens is 2. The van der Waals surface area contributed by atoms with Crippen molar-refractivity contribution in [3.63, 3.8) is 0 Å². The van der Waals surface area contributed by atoms with Gasteiger partial charge in [-0.2, -0.15) is 0 Å². The summed E-state index contributed by atoms with van der Waals surface area (Å²) >= 11 is 0. The summed E-state index contributed by atoms with van der Waals surface area (Å²) in [5, 5.41) is 3.26. The van der Waals surface area contributed by atoms with Crippen LogP contribution in [0.3, 0.4) is 0 Å². The number of hydrogen-bond donors (Lipinski definition) is 1. The van der Waals surface area contributed by atoms with Crippen LogP contribution in [0.15, 0.2) is 30.3 Å². The lowest BCUT2D eigenvalue weighted by Crippen LogP contribution is -2.24. The van der Waals surface area contributed by atoms with E-state index >= 15 is 0 Å². The molecule has 0 aliphatic heterocycles. The van der Waals surface area contributed by atoms with Crippen molar-refractivity contribution in [3.8, 4) is 0 Å². The zero-order valence-electron chi connectivity index (χ0n) is 12.9. The lowest BCUT2D eigenvalue weighted by Gasteiger charge is -2.22. The van der Waals surface area contributed by atoms with E-state index in [1.165, 1.54) is 12.1 Å². The van der Waals surface area contributed by atoms with E-state index in [-0.39, 0.29) is 17.7 Å². The highest BCUT2D eigenvalue weighted by Crippen LogP contribution is 2.29. The minimum atomic E-state index is -0.375. The van der Waals surface area contributed by atoms with Crippen LogP contribution < -0.4 is 5.32 Å². The van der Waals surface area contributed by atoms with Gasteiger partial charge < -0.3 is 5.32 Å². The highest BCUT2D eigenvalue weighted by Gasteiger charge is 2.20. The molecule has 0 radical (unpaired) electrons. The summed E-state index contributed by atoms with van der Waals surface area (Å²) < 4.78 is 28.2. The highest BCUT2D eigenvalue weighted by molar-refractivity contribution is 5.40. The first-order chi connectivity index (χ1) is 9.93. The number of nitrogens with one attached hydrogen (secondary N) is 1. The van der Waals surface area contributed by atoms with Crippen LogP contribution in [0, 0.1) is 32.4 Å². The van der Waals surface area contributed by atoms with E-state index in [1.54, 1.807) is 6.92 Å². The van der Waals surface area contributed by atoms with Crippen LogP contribution >= 0.6 is 0 Å². The highest BCUT2D eigenvalue weighted by atomic mass is 19.1. The Balaban J connectivity index is 2.58. The summed E-state index contributed by atoms with van der Waals surface area (Å²) in [5.74, 6) is -0.750. The topological polar surface area (TPSA) is 12.0 Å². The summed E-state index contributed by atoms with van der Waals surface area (Å²) in [6.45, 7) is 8.19. The van der Waals surface area contributed by atoms with Gasteiger partial charge in [0, 0.05) is 5.56 Å². The molecule has 0 heterocycles. The Morgan fingerprint density at radius 1 is 0.905 bits per heavy atom. The molecule has 112 valence electrons. The standard InChI is InChI=1S/C18H21F2N/c1-5-21-18(14-8-11(2)6-7-12(14)3)15-10-16(19)13(4)9-17(15)20/h6-10,18,21H,5H2,1-4H3. The quantitative estimate of drug-likeness (QED) is 0.868. The Bertz CT molecular complexity index is 650. The monoisotopic (exact) mass is 289 g/mol. The molecule has 0 bridgehead atoms. The predicted molar refractivity (Wildman–Crippen MR) is 82.5 cm³/mol. The first kappa shape index (κ1) is 15.6. The molecule has 0 fully saturated rings. The second-order valence-corrected chi connectivity index (χ2v) is 5.47. The SMILES string of the molecule is CCNC(c1cc(C)ccc1C)c1cc(F)c(C)cc1F. The third-order valence-corrected chi connectivity index (χ3v) is 3.74. The van der Waals surface area contributed by atoms with E-state index in [2.05, 4.69) is 5.32 Å². The number of rotatable bonds is 4. The van der Waals surface area contributed by atoms with Crippen molar-refractivity contribution in [2.75, 3.05) is 6.54 Å².